The van der Waals surface area contributed by atoms with E-state index in [2.05, 4.69) is 21.3 Å². The van der Waals surface area contributed by atoms with Crippen LogP contribution < -0.4 is 10.6 Å². The molecule has 0 aromatic carbocycles. The Hall–Kier alpha value is -1.55. The second kappa shape index (κ2) is 4.04. The van der Waals surface area contributed by atoms with Crippen molar-refractivity contribution in [1.29, 1.82) is 0 Å². The predicted octanol–water partition coefficient (Wildman–Crippen LogP) is 2.60. The van der Waals surface area contributed by atoms with Crippen molar-refractivity contribution >= 4 is 22.8 Å². The van der Waals surface area contributed by atoms with Crippen LogP contribution in [0.3, 0.4) is 0 Å². The predicted molar refractivity (Wildman–Crippen MR) is 72.5 cm³/mol. The highest BCUT2D eigenvalue weighted by molar-refractivity contribution is 7.10. The highest BCUT2D eigenvalue weighted by Gasteiger charge is 2.19. The molecule has 2 N–H and O–H groups in total. The third kappa shape index (κ3) is 1.89. The molecule has 17 heavy (non-hydrogen) atoms. The monoisotopic (exact) mass is 245 g/mol. The number of nitrogens with zero attached hydrogens (tertiary/aromatic N) is 2. The van der Waals surface area contributed by atoms with Gasteiger partial charge in [0, 0.05) is 23.7 Å². The molecule has 0 saturated carbocycles. The summed E-state index contributed by atoms with van der Waals surface area (Å²) in [4.78, 5) is 8.34. The van der Waals surface area contributed by atoms with Gasteiger partial charge in [0.25, 0.3) is 0 Å². The molecule has 0 unspecified atom stereocenters. The normalized spacial score (nSPS) is 14.8. The second-order valence-corrected chi connectivity index (χ2v) is 5.41. The van der Waals surface area contributed by atoms with Crippen molar-refractivity contribution in [2.24, 2.45) is 0 Å². The van der Waals surface area contributed by atoms with Crippen LogP contribution in [0.5, 0.6) is 0 Å². The minimum atomic E-state index is 0.772. The van der Waals surface area contributed by atoms with Gasteiger partial charge in [-0.2, -0.15) is 0 Å². The molecule has 0 aliphatic carbocycles. The minimum Gasteiger partial charge on any atom is -0.396 e. The van der Waals surface area contributed by atoms with Crippen LogP contribution in [0, 0.1) is 6.92 Å². The van der Waals surface area contributed by atoms with E-state index in [0.717, 1.165) is 36.7 Å². The van der Waals surface area contributed by atoms with Crippen LogP contribution in [-0.2, 0) is 13.0 Å². The SMILES string of the molecule is Cc1ccc(N)c(N2CCc3sccc3C2)n1. The molecular formula is C13H15N3S. The summed E-state index contributed by atoms with van der Waals surface area (Å²) < 4.78 is 0. The molecule has 0 amide bonds. The lowest BCUT2D eigenvalue weighted by molar-refractivity contribution is 0.732. The Bertz CT molecular complexity index is 547. The molecule has 0 atom stereocenters. The fraction of sp³-hybridized carbons (Fsp3) is 0.308. The summed E-state index contributed by atoms with van der Waals surface area (Å²) in [5.74, 6) is 0.932. The molecule has 0 radical (unpaired) electrons. The van der Waals surface area contributed by atoms with Gasteiger partial charge in [-0.15, -0.1) is 11.3 Å². The average molecular weight is 245 g/mol. The van der Waals surface area contributed by atoms with Crippen molar-refractivity contribution < 1.29 is 0 Å². The number of hydrogen-bond acceptors (Lipinski definition) is 4. The number of pyridine rings is 1. The van der Waals surface area contributed by atoms with Crippen molar-refractivity contribution in [1.82, 2.24) is 4.98 Å². The van der Waals surface area contributed by atoms with Gasteiger partial charge in [0.05, 0.1) is 5.69 Å². The van der Waals surface area contributed by atoms with Crippen molar-refractivity contribution in [3.05, 3.63) is 39.7 Å². The van der Waals surface area contributed by atoms with E-state index in [4.69, 9.17) is 5.73 Å². The van der Waals surface area contributed by atoms with E-state index in [1.807, 2.05) is 30.4 Å². The Morgan fingerprint density at radius 2 is 2.24 bits per heavy atom. The van der Waals surface area contributed by atoms with E-state index in [-0.39, 0.29) is 0 Å². The molecule has 2 aromatic rings. The lowest BCUT2D eigenvalue weighted by Gasteiger charge is -2.29. The first kappa shape index (κ1) is 10.6. The summed E-state index contributed by atoms with van der Waals surface area (Å²) in [7, 11) is 0. The van der Waals surface area contributed by atoms with E-state index < -0.39 is 0 Å². The van der Waals surface area contributed by atoms with Gasteiger partial charge in [-0.3, -0.25) is 0 Å². The maximum Gasteiger partial charge on any atom is 0.152 e. The minimum absolute atomic E-state index is 0.772. The Kier molecular flexibility index (Phi) is 2.52. The highest BCUT2D eigenvalue weighted by atomic mass is 32.1. The van der Waals surface area contributed by atoms with Crippen molar-refractivity contribution in [3.63, 3.8) is 0 Å². The third-order valence-corrected chi connectivity index (χ3v) is 4.17. The lowest BCUT2D eigenvalue weighted by atomic mass is 10.1. The molecule has 0 bridgehead atoms. The molecule has 3 heterocycles. The molecule has 88 valence electrons. The van der Waals surface area contributed by atoms with E-state index >= 15 is 0 Å². The molecule has 1 aliphatic rings. The van der Waals surface area contributed by atoms with Crippen LogP contribution in [0.15, 0.2) is 23.6 Å². The number of aryl methyl sites for hydroxylation is 1. The van der Waals surface area contributed by atoms with E-state index in [9.17, 15) is 0 Å². The quantitative estimate of drug-likeness (QED) is 0.839. The zero-order valence-corrected chi connectivity index (χ0v) is 10.6. The summed E-state index contributed by atoms with van der Waals surface area (Å²) >= 11 is 1.85. The first-order valence-corrected chi connectivity index (χ1v) is 6.65. The lowest BCUT2D eigenvalue weighted by Crippen LogP contribution is -2.30. The number of rotatable bonds is 1. The van der Waals surface area contributed by atoms with Crippen LogP contribution in [0.1, 0.15) is 16.1 Å². The van der Waals surface area contributed by atoms with Crippen LogP contribution in [0.4, 0.5) is 11.5 Å². The van der Waals surface area contributed by atoms with Gasteiger partial charge in [0.1, 0.15) is 0 Å². The highest BCUT2D eigenvalue weighted by Crippen LogP contribution is 2.29. The summed E-state index contributed by atoms with van der Waals surface area (Å²) in [6.45, 7) is 3.94. The molecule has 1 aliphatic heterocycles. The number of fused-ring (bicyclic) bond motifs is 1. The van der Waals surface area contributed by atoms with Gasteiger partial charge in [0.15, 0.2) is 5.82 Å². The number of thiophene rings is 1. The van der Waals surface area contributed by atoms with Crippen LogP contribution in [0.25, 0.3) is 0 Å². The molecule has 0 spiro atoms. The third-order valence-electron chi connectivity index (χ3n) is 3.15. The van der Waals surface area contributed by atoms with Gasteiger partial charge in [0.2, 0.25) is 0 Å². The largest absolute Gasteiger partial charge is 0.396 e. The maximum atomic E-state index is 6.01. The summed E-state index contributed by atoms with van der Waals surface area (Å²) in [6.07, 6.45) is 1.10. The maximum absolute atomic E-state index is 6.01. The van der Waals surface area contributed by atoms with Gasteiger partial charge >= 0.3 is 0 Å². The van der Waals surface area contributed by atoms with E-state index in [1.165, 1.54) is 10.4 Å². The number of hydrogen-bond donors (Lipinski definition) is 1. The van der Waals surface area contributed by atoms with Crippen LogP contribution in [0.2, 0.25) is 0 Å². The van der Waals surface area contributed by atoms with Gasteiger partial charge in [-0.25, -0.2) is 4.98 Å². The van der Waals surface area contributed by atoms with E-state index in [1.54, 1.807) is 0 Å². The smallest absolute Gasteiger partial charge is 0.152 e. The topological polar surface area (TPSA) is 42.1 Å². The molecule has 0 fully saturated rings. The summed E-state index contributed by atoms with van der Waals surface area (Å²) in [5.41, 5.74) is 9.23. The Labute approximate surface area is 105 Å². The second-order valence-electron chi connectivity index (χ2n) is 4.41. The molecule has 0 saturated heterocycles. The van der Waals surface area contributed by atoms with Gasteiger partial charge in [-0.1, -0.05) is 0 Å². The molecular weight excluding hydrogens is 230 g/mol. The van der Waals surface area contributed by atoms with Crippen molar-refractivity contribution in [3.8, 4) is 0 Å². The molecule has 2 aromatic heterocycles. The Balaban J connectivity index is 1.94. The summed E-state index contributed by atoms with van der Waals surface area (Å²) in [6, 6.07) is 6.11. The fourth-order valence-electron chi connectivity index (χ4n) is 2.24. The number of nitrogen functional groups attached to an aromatic ring is 1. The number of nitrogens with two attached hydrogens (primary N) is 1. The Morgan fingerprint density at radius 3 is 3.12 bits per heavy atom. The average Bonchev–Trinajstić information content (AvgIpc) is 2.79. The van der Waals surface area contributed by atoms with Gasteiger partial charge in [-0.05, 0) is 42.5 Å². The summed E-state index contributed by atoms with van der Waals surface area (Å²) in [5, 5.41) is 2.17. The fourth-order valence-corrected chi connectivity index (χ4v) is 3.13. The number of aromatic nitrogens is 1. The van der Waals surface area contributed by atoms with Crippen LogP contribution >= 0.6 is 11.3 Å². The molecule has 3 rings (SSSR count). The molecule has 3 nitrogen and oxygen atoms in total. The number of anilines is 2. The first-order valence-electron chi connectivity index (χ1n) is 5.77. The standard InChI is InChI=1S/C13H15N3S/c1-9-2-3-11(14)13(15-9)16-6-4-12-10(8-16)5-7-17-12/h2-3,5,7H,4,6,8,14H2,1H3. The Morgan fingerprint density at radius 1 is 1.35 bits per heavy atom. The van der Waals surface area contributed by atoms with Crippen molar-refractivity contribution in [2.75, 3.05) is 17.2 Å². The zero-order valence-electron chi connectivity index (χ0n) is 9.81. The van der Waals surface area contributed by atoms with Crippen LogP contribution in [-0.4, -0.2) is 11.5 Å². The zero-order chi connectivity index (χ0) is 11.8. The van der Waals surface area contributed by atoms with Crippen molar-refractivity contribution in [2.45, 2.75) is 19.9 Å². The van der Waals surface area contributed by atoms with Gasteiger partial charge < -0.3 is 10.6 Å². The molecule has 4 heteroatoms. The first-order chi connectivity index (χ1) is 8.24. The van der Waals surface area contributed by atoms with E-state index in [0.29, 0.717) is 0 Å².